The minimum absolute atomic E-state index is 0.0944. The number of piperidine rings is 1. The number of amides is 3. The number of likely N-dealkylation sites (N-methyl/N-ethyl adjacent to an activating group) is 1. The zero-order valence-corrected chi connectivity index (χ0v) is 28.9. The Bertz CT molecular complexity index is 1480. The minimum Gasteiger partial charge on any atom is -0.465 e. The van der Waals surface area contributed by atoms with Crippen LogP contribution in [0.15, 0.2) is 78.9 Å². The summed E-state index contributed by atoms with van der Waals surface area (Å²) in [5.74, 6) is 0.260. The molecule has 2 aliphatic heterocycles. The standard InChI is InChI=1S/C39H52N6O4/c1-42(37(46)15-6-3-9-23-41-33-18-16-32(17-19-33)38(47)44-25-10-22-40-24-28-44)29-30-43-26-20-34(21-27-43)45(39(48)49)36-14-8-7-13-35(36)31-11-4-2-5-12-31/h2,4-5,7-8,11-14,16-19,34,40-41H,3,6,9-10,15,20-30H2,1H3,(H,48,49). The van der Waals surface area contributed by atoms with Gasteiger partial charge in [0.15, 0.2) is 0 Å². The van der Waals surface area contributed by atoms with Crippen molar-refractivity contribution in [3.05, 3.63) is 84.4 Å². The Morgan fingerprint density at radius 3 is 2.35 bits per heavy atom. The van der Waals surface area contributed by atoms with E-state index in [0.717, 1.165) is 119 Å². The van der Waals surface area contributed by atoms with E-state index in [-0.39, 0.29) is 17.9 Å². The van der Waals surface area contributed by atoms with Gasteiger partial charge in [-0.15, -0.1) is 0 Å². The number of nitrogens with zero attached hydrogens (tertiary/aromatic N) is 4. The Hall–Kier alpha value is -4.41. The third-order valence-corrected chi connectivity index (χ3v) is 9.71. The van der Waals surface area contributed by atoms with Crippen LogP contribution in [0.25, 0.3) is 11.1 Å². The molecule has 0 spiro atoms. The van der Waals surface area contributed by atoms with Crippen molar-refractivity contribution in [3.8, 4) is 11.1 Å². The number of nitrogens with one attached hydrogen (secondary N) is 2. The number of unbranched alkanes of at least 4 members (excludes halogenated alkanes) is 2. The second-order valence-electron chi connectivity index (χ2n) is 13.1. The summed E-state index contributed by atoms with van der Waals surface area (Å²) in [7, 11) is 1.88. The molecule has 0 saturated carbocycles. The number of hydrogen-bond donors (Lipinski definition) is 3. The Morgan fingerprint density at radius 1 is 0.857 bits per heavy atom. The van der Waals surface area contributed by atoms with Crippen LogP contribution < -0.4 is 15.5 Å². The van der Waals surface area contributed by atoms with Gasteiger partial charge in [0.2, 0.25) is 5.91 Å². The molecule has 0 atom stereocenters. The average molecular weight is 669 g/mol. The van der Waals surface area contributed by atoms with Crippen LogP contribution in [-0.2, 0) is 4.79 Å². The normalized spacial score (nSPS) is 15.7. The van der Waals surface area contributed by atoms with Crippen LogP contribution in [-0.4, -0.2) is 110 Å². The number of para-hydroxylation sites is 1. The van der Waals surface area contributed by atoms with Crippen molar-refractivity contribution in [2.24, 2.45) is 0 Å². The Morgan fingerprint density at radius 2 is 1.59 bits per heavy atom. The minimum atomic E-state index is -0.925. The molecule has 10 nitrogen and oxygen atoms in total. The van der Waals surface area contributed by atoms with Crippen LogP contribution >= 0.6 is 0 Å². The summed E-state index contributed by atoms with van der Waals surface area (Å²) in [6.45, 7) is 7.21. The molecule has 2 aliphatic rings. The maximum Gasteiger partial charge on any atom is 0.412 e. The summed E-state index contributed by atoms with van der Waals surface area (Å²) in [6.07, 6.45) is 4.88. The monoisotopic (exact) mass is 668 g/mol. The Kier molecular flexibility index (Phi) is 13.5. The third kappa shape index (κ3) is 10.3. The molecule has 0 unspecified atom stereocenters. The fourth-order valence-electron chi connectivity index (χ4n) is 6.78. The second kappa shape index (κ2) is 18.4. The fourth-order valence-corrected chi connectivity index (χ4v) is 6.78. The van der Waals surface area contributed by atoms with Crippen molar-refractivity contribution in [3.63, 3.8) is 0 Å². The predicted octanol–water partition coefficient (Wildman–Crippen LogP) is 5.87. The van der Waals surface area contributed by atoms with E-state index in [1.54, 1.807) is 4.90 Å². The molecule has 3 aromatic carbocycles. The van der Waals surface area contributed by atoms with Crippen LogP contribution in [0.5, 0.6) is 0 Å². The van der Waals surface area contributed by atoms with Crippen molar-refractivity contribution in [1.82, 2.24) is 20.0 Å². The topological polar surface area (TPSA) is 108 Å². The lowest BCUT2D eigenvalue weighted by molar-refractivity contribution is -0.130. The van der Waals surface area contributed by atoms with Gasteiger partial charge >= 0.3 is 6.09 Å². The van der Waals surface area contributed by atoms with Crippen LogP contribution in [0.2, 0.25) is 0 Å². The van der Waals surface area contributed by atoms with Gasteiger partial charge in [0.25, 0.3) is 5.91 Å². The quantitative estimate of drug-likeness (QED) is 0.185. The van der Waals surface area contributed by atoms with Gasteiger partial charge in [-0.2, -0.15) is 0 Å². The first-order valence-corrected chi connectivity index (χ1v) is 17.9. The van der Waals surface area contributed by atoms with Gasteiger partial charge in [-0.25, -0.2) is 4.79 Å². The number of benzene rings is 3. The van der Waals surface area contributed by atoms with Gasteiger partial charge in [0, 0.05) is 88.7 Å². The Balaban J connectivity index is 0.967. The SMILES string of the molecule is CN(CCN1CCC(N(C(=O)O)c2ccccc2-c2ccccc2)CC1)C(=O)CCCCCNc1ccc(C(=O)N2CCCNCC2)cc1. The van der Waals surface area contributed by atoms with Crippen molar-refractivity contribution >= 4 is 29.3 Å². The highest BCUT2D eigenvalue weighted by molar-refractivity contribution is 5.95. The number of carbonyl (C=O) groups excluding carboxylic acids is 2. The summed E-state index contributed by atoms with van der Waals surface area (Å²) >= 11 is 0. The first-order valence-electron chi connectivity index (χ1n) is 17.9. The lowest BCUT2D eigenvalue weighted by Gasteiger charge is -2.38. The molecule has 0 radical (unpaired) electrons. The summed E-state index contributed by atoms with van der Waals surface area (Å²) in [4.78, 5) is 45.7. The van der Waals surface area contributed by atoms with Gasteiger partial charge in [0.05, 0.1) is 5.69 Å². The lowest BCUT2D eigenvalue weighted by atomic mass is 9.98. The number of carboxylic acid groups (broad SMARTS) is 1. The molecule has 0 aliphatic carbocycles. The van der Waals surface area contributed by atoms with E-state index >= 15 is 0 Å². The highest BCUT2D eigenvalue weighted by Gasteiger charge is 2.30. The molecule has 3 N–H and O–H groups in total. The van der Waals surface area contributed by atoms with Gasteiger partial charge in [0.1, 0.15) is 0 Å². The van der Waals surface area contributed by atoms with Crippen molar-refractivity contribution in [1.29, 1.82) is 0 Å². The molecule has 3 aromatic rings. The summed E-state index contributed by atoms with van der Waals surface area (Å²) in [5.41, 5.74) is 4.38. The third-order valence-electron chi connectivity index (χ3n) is 9.71. The average Bonchev–Trinajstić information content (AvgIpc) is 3.43. The Labute approximate surface area is 291 Å². The van der Waals surface area contributed by atoms with Crippen molar-refractivity contribution in [2.45, 2.75) is 51.0 Å². The summed E-state index contributed by atoms with van der Waals surface area (Å²) < 4.78 is 0. The smallest absolute Gasteiger partial charge is 0.412 e. The number of carbonyl (C=O) groups is 3. The second-order valence-corrected chi connectivity index (χ2v) is 13.1. The molecule has 3 amide bonds. The molecule has 2 heterocycles. The first kappa shape index (κ1) is 35.9. The van der Waals surface area contributed by atoms with Crippen molar-refractivity contribution in [2.75, 3.05) is 76.2 Å². The van der Waals surface area contributed by atoms with E-state index in [1.165, 1.54) is 0 Å². The molecule has 2 fully saturated rings. The van der Waals surface area contributed by atoms with Gasteiger partial charge in [-0.05, 0) is 74.5 Å². The molecular formula is C39H52N6O4. The van der Waals surface area contributed by atoms with Gasteiger partial charge < -0.3 is 30.4 Å². The molecular weight excluding hydrogens is 616 g/mol. The maximum atomic E-state index is 12.8. The van der Waals surface area contributed by atoms with E-state index in [9.17, 15) is 19.5 Å². The first-order chi connectivity index (χ1) is 23.9. The van der Waals surface area contributed by atoms with E-state index in [1.807, 2.05) is 95.7 Å². The van der Waals surface area contributed by atoms with Gasteiger partial charge in [-0.3, -0.25) is 14.5 Å². The van der Waals surface area contributed by atoms with Crippen LogP contribution in [0.4, 0.5) is 16.2 Å². The predicted molar refractivity (Wildman–Crippen MR) is 196 cm³/mol. The molecule has 2 saturated heterocycles. The molecule has 262 valence electrons. The van der Waals surface area contributed by atoms with Crippen LogP contribution in [0.3, 0.4) is 0 Å². The highest BCUT2D eigenvalue weighted by atomic mass is 16.4. The van der Waals surface area contributed by atoms with Gasteiger partial charge in [-0.1, -0.05) is 55.0 Å². The highest BCUT2D eigenvalue weighted by Crippen LogP contribution is 2.34. The summed E-state index contributed by atoms with van der Waals surface area (Å²) in [6, 6.07) is 25.3. The number of anilines is 2. The van der Waals surface area contributed by atoms with Crippen molar-refractivity contribution < 1.29 is 19.5 Å². The molecule has 10 heteroatoms. The lowest BCUT2D eigenvalue weighted by Crippen LogP contribution is -2.48. The fraction of sp³-hybridized carbons (Fsp3) is 0.462. The molecule has 0 aromatic heterocycles. The zero-order valence-electron chi connectivity index (χ0n) is 28.9. The zero-order chi connectivity index (χ0) is 34.4. The van der Waals surface area contributed by atoms with E-state index in [0.29, 0.717) is 13.0 Å². The van der Waals surface area contributed by atoms with E-state index < -0.39 is 6.09 Å². The van der Waals surface area contributed by atoms with E-state index in [4.69, 9.17) is 0 Å². The summed E-state index contributed by atoms with van der Waals surface area (Å²) in [5, 5.41) is 17.0. The molecule has 5 rings (SSSR count). The molecule has 0 bridgehead atoms. The van der Waals surface area contributed by atoms with Crippen LogP contribution in [0.1, 0.15) is 55.3 Å². The van der Waals surface area contributed by atoms with Crippen LogP contribution in [0, 0.1) is 0 Å². The number of hydrogen-bond acceptors (Lipinski definition) is 6. The maximum absolute atomic E-state index is 12.8. The molecule has 49 heavy (non-hydrogen) atoms. The van der Waals surface area contributed by atoms with E-state index in [2.05, 4.69) is 15.5 Å². The largest absolute Gasteiger partial charge is 0.465 e. The number of rotatable bonds is 14. The number of likely N-dealkylation sites (tertiary alicyclic amines) is 1.